The van der Waals surface area contributed by atoms with Crippen LogP contribution in [0.5, 0.6) is 11.5 Å². The van der Waals surface area contributed by atoms with Crippen molar-refractivity contribution in [3.63, 3.8) is 0 Å². The third-order valence-electron chi connectivity index (χ3n) is 6.65. The fourth-order valence-corrected chi connectivity index (χ4v) is 4.34. The zero-order valence-corrected chi connectivity index (χ0v) is 23.5. The van der Waals surface area contributed by atoms with Crippen LogP contribution in [0.2, 0.25) is 0 Å². The molecular weight excluding hydrogens is 516 g/mol. The van der Waals surface area contributed by atoms with Crippen molar-refractivity contribution >= 4 is 17.7 Å². The smallest absolute Gasteiger partial charge is 0.348 e. The van der Waals surface area contributed by atoms with Gasteiger partial charge in [-0.25, -0.2) is 9.59 Å². The Morgan fingerprint density at radius 2 is 1.44 bits per heavy atom. The molecule has 0 heterocycles. The number of amides is 2. The largest absolute Gasteiger partial charge is 0.494 e. The fourth-order valence-electron chi connectivity index (χ4n) is 4.34. The van der Waals surface area contributed by atoms with Crippen molar-refractivity contribution in [3.05, 3.63) is 126 Å². The van der Waals surface area contributed by atoms with Crippen LogP contribution in [0.4, 0.5) is 10.5 Å². The number of hydrogen-bond donors (Lipinski definition) is 2. The Labute approximate surface area is 241 Å². The number of nitrogens with one attached hydrogen (secondary N) is 1. The van der Waals surface area contributed by atoms with Crippen molar-refractivity contribution in [2.45, 2.75) is 38.8 Å². The van der Waals surface area contributed by atoms with Gasteiger partial charge in [0, 0.05) is 25.2 Å². The van der Waals surface area contributed by atoms with Crippen molar-refractivity contribution in [3.8, 4) is 11.5 Å². The average Bonchev–Trinajstić information content (AvgIpc) is 2.97. The second kappa shape index (κ2) is 14.0. The molecular formula is C34H36N2O5. The van der Waals surface area contributed by atoms with Gasteiger partial charge < -0.3 is 24.8 Å². The summed E-state index contributed by atoms with van der Waals surface area (Å²) in [6.07, 6.45) is 0.833. The second-order valence-corrected chi connectivity index (χ2v) is 10.2. The van der Waals surface area contributed by atoms with Gasteiger partial charge in [-0.1, -0.05) is 78.4 Å². The number of benzene rings is 4. The molecule has 2 N–H and O–H groups in total. The molecule has 4 aromatic carbocycles. The van der Waals surface area contributed by atoms with E-state index in [0.717, 1.165) is 22.4 Å². The number of urea groups is 1. The van der Waals surface area contributed by atoms with E-state index in [9.17, 15) is 14.7 Å². The molecule has 0 unspecified atom stereocenters. The maximum absolute atomic E-state index is 13.1. The van der Waals surface area contributed by atoms with Gasteiger partial charge in [0.25, 0.3) is 0 Å². The standard InChI is InChI=1S/C34H36N2O5/c1-26-14-18-29(19-15-26)35-33(39)36(25-28-10-5-3-6-11-28)22-9-23-40-30-20-16-27(17-21-30)24-34(2,32(37)38)41-31-12-7-4-8-13-31/h3-8,10-21H,9,22-25H2,1-2H3,(H,35,39)(H,37,38)/t34-/m0/s1. The molecule has 0 aliphatic carbocycles. The molecule has 7 heteroatoms. The summed E-state index contributed by atoms with van der Waals surface area (Å²) in [6, 6.07) is 33.7. The topological polar surface area (TPSA) is 88.1 Å². The highest BCUT2D eigenvalue weighted by atomic mass is 16.5. The number of rotatable bonds is 13. The van der Waals surface area contributed by atoms with E-state index in [1.54, 1.807) is 36.1 Å². The van der Waals surface area contributed by atoms with Crippen LogP contribution in [-0.4, -0.2) is 40.8 Å². The summed E-state index contributed by atoms with van der Waals surface area (Å²) in [5, 5.41) is 12.8. The molecule has 7 nitrogen and oxygen atoms in total. The molecule has 0 saturated carbocycles. The van der Waals surface area contributed by atoms with Crippen LogP contribution >= 0.6 is 0 Å². The monoisotopic (exact) mass is 552 g/mol. The van der Waals surface area contributed by atoms with E-state index in [-0.39, 0.29) is 12.5 Å². The van der Waals surface area contributed by atoms with Crippen molar-refractivity contribution in [1.82, 2.24) is 4.90 Å². The summed E-state index contributed by atoms with van der Waals surface area (Å²) in [4.78, 5) is 26.9. The first-order chi connectivity index (χ1) is 19.8. The summed E-state index contributed by atoms with van der Waals surface area (Å²) in [5.74, 6) is 0.146. The van der Waals surface area contributed by atoms with Crippen LogP contribution in [0.3, 0.4) is 0 Å². The Hall–Kier alpha value is -4.78. The van der Waals surface area contributed by atoms with Crippen molar-refractivity contribution in [2.75, 3.05) is 18.5 Å². The maximum Gasteiger partial charge on any atom is 0.348 e. The van der Waals surface area contributed by atoms with Gasteiger partial charge in [-0.05, 0) is 67.8 Å². The van der Waals surface area contributed by atoms with Crippen LogP contribution in [0.15, 0.2) is 109 Å². The number of nitrogens with zero attached hydrogens (tertiary/aromatic N) is 1. The average molecular weight is 553 g/mol. The van der Waals surface area contributed by atoms with E-state index in [2.05, 4.69) is 5.32 Å². The predicted molar refractivity (Wildman–Crippen MR) is 160 cm³/mol. The summed E-state index contributed by atoms with van der Waals surface area (Å²) < 4.78 is 11.8. The number of ether oxygens (including phenoxy) is 2. The quantitative estimate of drug-likeness (QED) is 0.175. The zero-order valence-electron chi connectivity index (χ0n) is 23.5. The van der Waals surface area contributed by atoms with E-state index in [1.165, 1.54) is 0 Å². The van der Waals surface area contributed by atoms with E-state index in [0.29, 0.717) is 37.6 Å². The van der Waals surface area contributed by atoms with Crippen molar-refractivity contribution < 1.29 is 24.2 Å². The number of hydrogen-bond acceptors (Lipinski definition) is 4. The fraction of sp³-hybridized carbons (Fsp3) is 0.235. The number of aliphatic carboxylic acids is 1. The molecule has 4 aromatic rings. The molecule has 41 heavy (non-hydrogen) atoms. The Balaban J connectivity index is 1.31. The lowest BCUT2D eigenvalue weighted by atomic mass is 9.96. The van der Waals surface area contributed by atoms with Gasteiger partial charge in [-0.3, -0.25) is 0 Å². The minimum Gasteiger partial charge on any atom is -0.494 e. The Bertz CT molecular complexity index is 1390. The first-order valence-electron chi connectivity index (χ1n) is 13.7. The number of aryl methyl sites for hydroxylation is 1. The van der Waals surface area contributed by atoms with Gasteiger partial charge in [0.05, 0.1) is 6.61 Å². The first-order valence-corrected chi connectivity index (χ1v) is 13.7. The Morgan fingerprint density at radius 3 is 2.07 bits per heavy atom. The number of anilines is 1. The molecule has 0 fully saturated rings. The van der Waals surface area contributed by atoms with E-state index in [1.807, 2.05) is 91.9 Å². The molecule has 0 spiro atoms. The zero-order chi connectivity index (χ0) is 29.1. The molecule has 0 aliphatic heterocycles. The highest BCUT2D eigenvalue weighted by Gasteiger charge is 2.36. The number of carbonyl (C=O) groups excluding carboxylic acids is 1. The highest BCUT2D eigenvalue weighted by Crippen LogP contribution is 2.24. The molecule has 0 radical (unpaired) electrons. The summed E-state index contributed by atoms with van der Waals surface area (Å²) in [7, 11) is 0. The van der Waals surface area contributed by atoms with Crippen molar-refractivity contribution in [2.24, 2.45) is 0 Å². The third kappa shape index (κ3) is 8.86. The SMILES string of the molecule is Cc1ccc(NC(=O)N(CCCOc2ccc(C[C@](C)(Oc3ccccc3)C(=O)O)cc2)Cc2ccccc2)cc1. The van der Waals surface area contributed by atoms with E-state index >= 15 is 0 Å². The maximum atomic E-state index is 13.1. The van der Waals surface area contributed by atoms with Gasteiger partial charge in [0.15, 0.2) is 0 Å². The van der Waals surface area contributed by atoms with Gasteiger partial charge in [0.1, 0.15) is 11.5 Å². The summed E-state index contributed by atoms with van der Waals surface area (Å²) in [6.45, 7) is 5.00. The van der Waals surface area contributed by atoms with E-state index < -0.39 is 11.6 Å². The summed E-state index contributed by atoms with van der Waals surface area (Å²) >= 11 is 0. The van der Waals surface area contributed by atoms with Gasteiger partial charge >= 0.3 is 12.0 Å². The normalized spacial score (nSPS) is 12.1. The van der Waals surface area contributed by atoms with Crippen LogP contribution in [0.25, 0.3) is 0 Å². The van der Waals surface area contributed by atoms with Crippen LogP contribution in [0, 0.1) is 6.92 Å². The Kier molecular flexibility index (Phi) is 9.99. The molecule has 0 aromatic heterocycles. The molecule has 1 atom stereocenters. The molecule has 4 rings (SSSR count). The van der Waals surface area contributed by atoms with E-state index in [4.69, 9.17) is 9.47 Å². The lowest BCUT2D eigenvalue weighted by Gasteiger charge is -2.26. The molecule has 2 amide bonds. The molecule has 212 valence electrons. The lowest BCUT2D eigenvalue weighted by molar-refractivity contribution is -0.153. The lowest BCUT2D eigenvalue weighted by Crippen LogP contribution is -2.43. The second-order valence-electron chi connectivity index (χ2n) is 10.2. The van der Waals surface area contributed by atoms with Gasteiger partial charge in [0.2, 0.25) is 5.60 Å². The Morgan fingerprint density at radius 1 is 0.805 bits per heavy atom. The minimum absolute atomic E-state index is 0.165. The number of para-hydroxylation sites is 1. The minimum atomic E-state index is -1.41. The van der Waals surface area contributed by atoms with Crippen molar-refractivity contribution in [1.29, 1.82) is 0 Å². The third-order valence-corrected chi connectivity index (χ3v) is 6.65. The van der Waals surface area contributed by atoms with Crippen LogP contribution < -0.4 is 14.8 Å². The molecule has 0 aliphatic rings. The predicted octanol–water partition coefficient (Wildman–Crippen LogP) is 6.96. The van der Waals surface area contributed by atoms with Crippen LogP contribution in [0.1, 0.15) is 30.0 Å². The number of carbonyl (C=O) groups is 2. The molecule has 0 bridgehead atoms. The number of carboxylic acids is 1. The van der Waals surface area contributed by atoms with Gasteiger partial charge in [-0.15, -0.1) is 0 Å². The van der Waals surface area contributed by atoms with Crippen LogP contribution in [-0.2, 0) is 17.8 Å². The summed E-state index contributed by atoms with van der Waals surface area (Å²) in [5.41, 5.74) is 2.34. The molecule has 0 saturated heterocycles. The van der Waals surface area contributed by atoms with Gasteiger partial charge in [-0.2, -0.15) is 0 Å². The first kappa shape index (κ1) is 29.2. The highest BCUT2D eigenvalue weighted by molar-refractivity contribution is 5.89. The number of carboxylic acid groups (broad SMARTS) is 1.